The summed E-state index contributed by atoms with van der Waals surface area (Å²) < 4.78 is 33.6. The molecule has 0 radical (unpaired) electrons. The highest BCUT2D eigenvalue weighted by Crippen LogP contribution is 2.48. The van der Waals surface area contributed by atoms with E-state index in [2.05, 4.69) is 31.2 Å². The molecular formula is C19H20BrF2N3O2S. The molecule has 2 heterocycles. The molecule has 9 heteroatoms. The summed E-state index contributed by atoms with van der Waals surface area (Å²) in [5.74, 6) is -0.509. The summed E-state index contributed by atoms with van der Waals surface area (Å²) in [6.45, 7) is 2.07. The zero-order chi connectivity index (χ0) is 19.8. The minimum absolute atomic E-state index is 0.0345. The van der Waals surface area contributed by atoms with Crippen LogP contribution in [-0.2, 0) is 9.53 Å². The van der Waals surface area contributed by atoms with Crippen LogP contribution in [0.25, 0.3) is 10.6 Å². The molecule has 0 aliphatic heterocycles. The molecule has 5 rings (SSSR count). The first-order chi connectivity index (χ1) is 13.5. The minimum Gasteiger partial charge on any atom is -0.466 e. The summed E-state index contributed by atoms with van der Waals surface area (Å²) in [4.78, 5) is 21.9. The predicted octanol–water partition coefficient (Wildman–Crippen LogP) is 4.83. The van der Waals surface area contributed by atoms with E-state index in [1.165, 1.54) is 6.07 Å². The Morgan fingerprint density at radius 2 is 2.21 bits per heavy atom. The topological polar surface area (TPSA) is 64.1 Å². The normalized spacial score (nSPS) is 28.9. The molecule has 0 spiro atoms. The van der Waals surface area contributed by atoms with E-state index in [1.54, 1.807) is 19.1 Å². The van der Waals surface area contributed by atoms with E-state index in [1.807, 2.05) is 0 Å². The van der Waals surface area contributed by atoms with Crippen molar-refractivity contribution in [1.29, 1.82) is 0 Å². The van der Waals surface area contributed by atoms with Crippen molar-refractivity contribution < 1.29 is 18.3 Å². The number of anilines is 1. The Bertz CT molecular complexity index is 881. The highest BCUT2D eigenvalue weighted by atomic mass is 79.9. The van der Waals surface area contributed by atoms with Gasteiger partial charge in [0.2, 0.25) is 0 Å². The van der Waals surface area contributed by atoms with E-state index < -0.39 is 18.1 Å². The van der Waals surface area contributed by atoms with Gasteiger partial charge in [0.15, 0.2) is 9.86 Å². The fraction of sp³-hybridized carbons (Fsp3) is 0.526. The molecule has 2 aromatic heterocycles. The Morgan fingerprint density at radius 3 is 2.89 bits per heavy atom. The molecule has 0 aromatic carbocycles. The van der Waals surface area contributed by atoms with Crippen LogP contribution in [0.1, 0.15) is 26.2 Å². The number of thiophene rings is 1. The van der Waals surface area contributed by atoms with Crippen LogP contribution in [0.2, 0.25) is 0 Å². The van der Waals surface area contributed by atoms with Gasteiger partial charge in [0.1, 0.15) is 12.0 Å². The summed E-state index contributed by atoms with van der Waals surface area (Å²) in [6.07, 6.45) is 1.02. The van der Waals surface area contributed by atoms with E-state index in [0.29, 0.717) is 34.2 Å². The number of hydrogen-bond donors (Lipinski definition) is 1. The first kappa shape index (κ1) is 19.7. The van der Waals surface area contributed by atoms with Crippen LogP contribution in [0.3, 0.4) is 0 Å². The Morgan fingerprint density at radius 1 is 1.39 bits per heavy atom. The second kappa shape index (κ2) is 8.02. The molecule has 3 aliphatic rings. The molecule has 2 aromatic rings. The van der Waals surface area contributed by atoms with Crippen LogP contribution >= 0.6 is 27.3 Å². The quantitative estimate of drug-likeness (QED) is 0.499. The van der Waals surface area contributed by atoms with E-state index in [4.69, 9.17) is 4.74 Å². The van der Waals surface area contributed by atoms with E-state index >= 15 is 0 Å². The fourth-order valence-electron chi connectivity index (χ4n) is 4.47. The molecule has 150 valence electrons. The monoisotopic (exact) mass is 471 g/mol. The third kappa shape index (κ3) is 3.78. The summed E-state index contributed by atoms with van der Waals surface area (Å²) in [6, 6.07) is 4.35. The number of carbonyl (C=O) groups is 1. The number of carbonyl (C=O) groups excluding carboxylic acids is 1. The molecule has 3 fully saturated rings. The van der Waals surface area contributed by atoms with Crippen LogP contribution in [0.4, 0.5) is 14.6 Å². The van der Waals surface area contributed by atoms with Gasteiger partial charge in [-0.25, -0.2) is 14.4 Å². The van der Waals surface area contributed by atoms with Gasteiger partial charge in [0.05, 0.1) is 23.1 Å². The van der Waals surface area contributed by atoms with Crippen molar-refractivity contribution in [3.05, 3.63) is 28.1 Å². The predicted molar refractivity (Wildman–Crippen MR) is 106 cm³/mol. The minimum atomic E-state index is -0.946. The first-order valence-electron chi connectivity index (χ1n) is 9.33. The number of halogens is 3. The maximum Gasteiger partial charge on any atom is 0.311 e. The Hall–Kier alpha value is -1.61. The van der Waals surface area contributed by atoms with E-state index in [9.17, 15) is 13.6 Å². The maximum atomic E-state index is 14.6. The van der Waals surface area contributed by atoms with Crippen LogP contribution in [0.15, 0.2) is 22.9 Å². The highest BCUT2D eigenvalue weighted by Gasteiger charge is 2.52. The van der Waals surface area contributed by atoms with Crippen molar-refractivity contribution in [2.24, 2.45) is 17.8 Å². The van der Waals surface area contributed by atoms with Gasteiger partial charge in [0.25, 0.3) is 0 Å². The van der Waals surface area contributed by atoms with Crippen molar-refractivity contribution in [2.45, 2.75) is 38.4 Å². The van der Waals surface area contributed by atoms with Gasteiger partial charge < -0.3 is 10.1 Å². The van der Waals surface area contributed by atoms with E-state index in [0.717, 1.165) is 24.2 Å². The molecule has 5 atom stereocenters. The largest absolute Gasteiger partial charge is 0.466 e. The van der Waals surface area contributed by atoms with Crippen molar-refractivity contribution in [1.82, 2.24) is 9.97 Å². The maximum absolute atomic E-state index is 14.6. The number of fused-ring (bicyclic) bond motifs is 3. The molecule has 3 unspecified atom stereocenters. The molecular weight excluding hydrogens is 452 g/mol. The van der Waals surface area contributed by atoms with Gasteiger partial charge in [-0.05, 0) is 60.2 Å². The van der Waals surface area contributed by atoms with Gasteiger partial charge in [-0.2, -0.15) is 4.39 Å². The number of rotatable bonds is 5. The number of nitrogens with one attached hydrogen (secondary N) is 1. The number of ether oxygens (including phenoxy) is 1. The van der Waals surface area contributed by atoms with Crippen LogP contribution in [0, 0.1) is 22.9 Å². The lowest BCUT2D eigenvalue weighted by molar-refractivity contribution is -0.156. The molecule has 3 aliphatic carbocycles. The van der Waals surface area contributed by atoms with E-state index in [-0.39, 0.29) is 22.9 Å². The van der Waals surface area contributed by atoms with Gasteiger partial charge in [0, 0.05) is 18.0 Å². The van der Waals surface area contributed by atoms with Crippen molar-refractivity contribution in [2.75, 3.05) is 11.9 Å². The number of esters is 1. The molecule has 5 nitrogen and oxygen atoms in total. The number of hydrogen-bond acceptors (Lipinski definition) is 6. The standard InChI is InChI=1S/C19H20BrF2N3O2S/c1-2-27-18(26)16-9-3-4-10(11(21)7-9)17(16)24-15-8-12(23-19(20)25-15)13-5-6-14(22)28-13/h5-6,8-11,16-17H,2-4,7H2,1H3,(H,23,24,25)/t9?,10?,11?,16-,17-/m0/s1. The van der Waals surface area contributed by atoms with Crippen LogP contribution in [-0.4, -0.2) is 34.8 Å². The molecule has 0 saturated heterocycles. The lowest BCUT2D eigenvalue weighted by atomic mass is 9.60. The second-order valence-corrected chi connectivity index (χ2v) is 8.96. The molecule has 2 bridgehead atoms. The average Bonchev–Trinajstić information content (AvgIpc) is 3.08. The van der Waals surface area contributed by atoms with Gasteiger partial charge in [-0.15, -0.1) is 11.3 Å². The number of nitrogens with zero attached hydrogens (tertiary/aromatic N) is 2. The molecule has 28 heavy (non-hydrogen) atoms. The van der Waals surface area contributed by atoms with Crippen LogP contribution in [0.5, 0.6) is 0 Å². The van der Waals surface area contributed by atoms with Crippen molar-refractivity contribution in [3.8, 4) is 10.6 Å². The zero-order valence-electron chi connectivity index (χ0n) is 15.2. The Balaban J connectivity index is 1.64. The number of alkyl halides is 1. The molecule has 3 saturated carbocycles. The average molecular weight is 472 g/mol. The Labute approximate surface area is 174 Å². The third-order valence-electron chi connectivity index (χ3n) is 5.62. The smallest absolute Gasteiger partial charge is 0.311 e. The van der Waals surface area contributed by atoms with Crippen molar-refractivity contribution in [3.63, 3.8) is 0 Å². The number of aromatic nitrogens is 2. The summed E-state index contributed by atoms with van der Waals surface area (Å²) in [5, 5.41) is 2.98. The molecule has 1 N–H and O–H groups in total. The lowest BCUT2D eigenvalue weighted by Crippen LogP contribution is -2.56. The lowest BCUT2D eigenvalue weighted by Gasteiger charge is -2.49. The Kier molecular flexibility index (Phi) is 5.64. The second-order valence-electron chi connectivity index (χ2n) is 7.21. The molecule has 0 amide bonds. The summed E-state index contributed by atoms with van der Waals surface area (Å²) in [7, 11) is 0. The van der Waals surface area contributed by atoms with Gasteiger partial charge >= 0.3 is 5.97 Å². The van der Waals surface area contributed by atoms with Gasteiger partial charge in [-0.1, -0.05) is 0 Å². The third-order valence-corrected chi connectivity index (χ3v) is 6.87. The highest BCUT2D eigenvalue weighted by molar-refractivity contribution is 9.10. The van der Waals surface area contributed by atoms with Gasteiger partial charge in [-0.3, -0.25) is 4.79 Å². The first-order valence-corrected chi connectivity index (χ1v) is 10.9. The SMILES string of the molecule is CCOC(=O)[C@H]1C2CCC(C(F)C2)[C@@H]1Nc1cc(-c2ccc(F)s2)nc(Br)n1. The van der Waals surface area contributed by atoms with Crippen molar-refractivity contribution >= 4 is 39.1 Å². The summed E-state index contributed by atoms with van der Waals surface area (Å²) in [5.41, 5.74) is 0.559. The summed E-state index contributed by atoms with van der Waals surface area (Å²) >= 11 is 4.28. The fourth-order valence-corrected chi connectivity index (χ4v) is 5.55. The zero-order valence-corrected chi connectivity index (χ0v) is 17.6. The van der Waals surface area contributed by atoms with Crippen LogP contribution < -0.4 is 5.32 Å².